The monoisotopic (exact) mass is 373 g/mol. The lowest BCUT2D eigenvalue weighted by atomic mass is 9.72. The predicted octanol–water partition coefficient (Wildman–Crippen LogP) is 4.92. The fourth-order valence-electron chi connectivity index (χ4n) is 3.60. The standard InChI is InChI=1S/C21H22F3N3/c1-13-18(14-5-7-16(8-6-14)21(3,23)24)20(2,26-19(25)27(13)4)15-9-11-17(22)12-10-15/h5-12,18H,1H2,2-4H3,(H2,25,26)/t18-,20+/m0/s1. The quantitative estimate of drug-likeness (QED) is 0.802. The highest BCUT2D eigenvalue weighted by Gasteiger charge is 2.45. The summed E-state index contributed by atoms with van der Waals surface area (Å²) in [6.07, 6.45) is 0. The maximum Gasteiger partial charge on any atom is 0.270 e. The maximum atomic E-state index is 13.6. The molecule has 1 saturated heterocycles. The Hall–Kier alpha value is -2.76. The molecule has 2 atom stereocenters. The number of nitrogens with zero attached hydrogens (tertiary/aromatic N) is 1. The van der Waals surface area contributed by atoms with Crippen molar-refractivity contribution in [3.63, 3.8) is 0 Å². The van der Waals surface area contributed by atoms with Crippen LogP contribution in [0.4, 0.5) is 13.2 Å². The van der Waals surface area contributed by atoms with E-state index in [1.807, 2.05) is 6.92 Å². The number of halogens is 3. The molecule has 0 saturated carbocycles. The summed E-state index contributed by atoms with van der Waals surface area (Å²) in [5.74, 6) is -3.43. The Bertz CT molecular complexity index is 869. The summed E-state index contributed by atoms with van der Waals surface area (Å²) in [6.45, 7) is 6.90. The number of hydrogen-bond acceptors (Lipinski definition) is 1. The van der Waals surface area contributed by atoms with Crippen molar-refractivity contribution in [1.82, 2.24) is 10.2 Å². The van der Waals surface area contributed by atoms with E-state index in [1.165, 1.54) is 24.3 Å². The number of rotatable bonds is 3. The molecule has 0 unspecified atom stereocenters. The lowest BCUT2D eigenvalue weighted by Crippen LogP contribution is -2.58. The van der Waals surface area contributed by atoms with Crippen molar-refractivity contribution in [3.05, 3.63) is 83.3 Å². The van der Waals surface area contributed by atoms with Crippen LogP contribution in [-0.4, -0.2) is 17.9 Å². The number of likely N-dealkylation sites (N-methyl/N-ethyl adjacent to an activating group) is 1. The Balaban J connectivity index is 2.11. The van der Waals surface area contributed by atoms with Crippen LogP contribution in [0.25, 0.3) is 0 Å². The molecular weight excluding hydrogens is 351 g/mol. The molecule has 1 aliphatic rings. The normalized spacial score (nSPS) is 23.3. The van der Waals surface area contributed by atoms with Gasteiger partial charge in [-0.15, -0.1) is 0 Å². The van der Waals surface area contributed by atoms with Crippen molar-refractivity contribution >= 4 is 5.96 Å². The third-order valence-electron chi connectivity index (χ3n) is 5.25. The number of alkyl halides is 2. The molecule has 3 rings (SSSR count). The van der Waals surface area contributed by atoms with Gasteiger partial charge in [-0.25, -0.2) is 13.2 Å². The van der Waals surface area contributed by atoms with E-state index in [0.29, 0.717) is 5.70 Å². The van der Waals surface area contributed by atoms with Gasteiger partial charge in [-0.1, -0.05) is 43.0 Å². The first-order valence-corrected chi connectivity index (χ1v) is 8.57. The molecule has 0 spiro atoms. The topological polar surface area (TPSA) is 39.1 Å². The summed E-state index contributed by atoms with van der Waals surface area (Å²) in [4.78, 5) is 1.62. The van der Waals surface area contributed by atoms with E-state index in [1.54, 1.807) is 36.2 Å². The lowest BCUT2D eigenvalue weighted by molar-refractivity contribution is 0.0174. The molecule has 0 radical (unpaired) electrons. The molecule has 1 fully saturated rings. The smallest absolute Gasteiger partial charge is 0.270 e. The largest absolute Gasteiger partial charge is 0.346 e. The molecule has 2 aromatic carbocycles. The fraction of sp³-hybridized carbons (Fsp3) is 0.286. The number of hydrogen-bond donors (Lipinski definition) is 2. The summed E-state index contributed by atoms with van der Waals surface area (Å²) >= 11 is 0. The average molecular weight is 373 g/mol. The summed E-state index contributed by atoms with van der Waals surface area (Å²) < 4.78 is 40.6. The molecular formula is C21H22F3N3. The number of benzene rings is 2. The van der Waals surface area contributed by atoms with Crippen molar-refractivity contribution in [1.29, 1.82) is 5.41 Å². The van der Waals surface area contributed by atoms with Gasteiger partial charge in [0.15, 0.2) is 5.96 Å². The van der Waals surface area contributed by atoms with Crippen LogP contribution in [0.3, 0.4) is 0 Å². The van der Waals surface area contributed by atoms with Crippen LogP contribution in [0.15, 0.2) is 60.8 Å². The highest BCUT2D eigenvalue weighted by atomic mass is 19.3. The molecule has 2 N–H and O–H groups in total. The van der Waals surface area contributed by atoms with Crippen molar-refractivity contribution in [2.24, 2.45) is 0 Å². The van der Waals surface area contributed by atoms with Gasteiger partial charge in [0, 0.05) is 25.2 Å². The SMILES string of the molecule is C=C1[C@@H](c2ccc(C(C)(F)F)cc2)[C@@](C)(c2ccc(F)cc2)NC(=N)N1C. The Morgan fingerprint density at radius 3 is 2.19 bits per heavy atom. The molecule has 0 amide bonds. The number of guanidine groups is 1. The van der Waals surface area contributed by atoms with E-state index in [4.69, 9.17) is 5.41 Å². The lowest BCUT2D eigenvalue weighted by Gasteiger charge is -2.48. The summed E-state index contributed by atoms with van der Waals surface area (Å²) in [7, 11) is 1.73. The van der Waals surface area contributed by atoms with E-state index in [-0.39, 0.29) is 23.3 Å². The van der Waals surface area contributed by atoms with Crippen LogP contribution >= 0.6 is 0 Å². The first-order chi connectivity index (χ1) is 12.5. The third kappa shape index (κ3) is 3.31. The minimum absolute atomic E-state index is 0.0646. The molecule has 0 bridgehead atoms. The zero-order valence-corrected chi connectivity index (χ0v) is 15.5. The van der Waals surface area contributed by atoms with E-state index in [0.717, 1.165) is 18.1 Å². The van der Waals surface area contributed by atoms with Crippen molar-refractivity contribution in [2.45, 2.75) is 31.2 Å². The molecule has 142 valence electrons. The molecule has 2 aromatic rings. The van der Waals surface area contributed by atoms with Gasteiger partial charge in [-0.2, -0.15) is 0 Å². The molecule has 3 nitrogen and oxygen atoms in total. The van der Waals surface area contributed by atoms with Crippen LogP contribution < -0.4 is 5.32 Å². The van der Waals surface area contributed by atoms with Crippen LogP contribution in [0.2, 0.25) is 0 Å². The molecule has 1 heterocycles. The molecule has 0 aromatic heterocycles. The minimum Gasteiger partial charge on any atom is -0.346 e. The Kier molecular flexibility index (Phi) is 4.54. The second-order valence-electron chi connectivity index (χ2n) is 7.18. The van der Waals surface area contributed by atoms with Gasteiger partial charge in [-0.05, 0) is 30.2 Å². The van der Waals surface area contributed by atoms with Gasteiger partial charge in [0.1, 0.15) is 5.82 Å². The summed E-state index contributed by atoms with van der Waals surface area (Å²) in [5.41, 5.74) is 1.36. The van der Waals surface area contributed by atoms with E-state index in [9.17, 15) is 13.2 Å². The van der Waals surface area contributed by atoms with Crippen molar-refractivity contribution in [2.75, 3.05) is 7.05 Å². The highest BCUT2D eigenvalue weighted by Crippen LogP contribution is 2.45. The van der Waals surface area contributed by atoms with Crippen LogP contribution in [-0.2, 0) is 11.5 Å². The first kappa shape index (κ1) is 19.0. The molecule has 0 aliphatic carbocycles. The summed E-state index contributed by atoms with van der Waals surface area (Å²) in [5, 5.41) is 11.4. The Labute approximate surface area is 157 Å². The third-order valence-corrected chi connectivity index (χ3v) is 5.25. The van der Waals surface area contributed by atoms with E-state index in [2.05, 4.69) is 11.9 Å². The zero-order chi connectivity index (χ0) is 20.0. The van der Waals surface area contributed by atoms with Gasteiger partial charge >= 0.3 is 0 Å². The molecule has 27 heavy (non-hydrogen) atoms. The van der Waals surface area contributed by atoms with Gasteiger partial charge in [0.2, 0.25) is 0 Å². The minimum atomic E-state index is -2.92. The van der Waals surface area contributed by atoms with Crippen LogP contribution in [0.5, 0.6) is 0 Å². The Morgan fingerprint density at radius 1 is 1.11 bits per heavy atom. The average Bonchev–Trinajstić information content (AvgIpc) is 2.60. The second-order valence-corrected chi connectivity index (χ2v) is 7.18. The first-order valence-electron chi connectivity index (χ1n) is 8.57. The number of nitrogens with one attached hydrogen (secondary N) is 2. The van der Waals surface area contributed by atoms with Crippen LogP contribution in [0, 0.1) is 11.2 Å². The van der Waals surface area contributed by atoms with Crippen molar-refractivity contribution < 1.29 is 13.2 Å². The van der Waals surface area contributed by atoms with E-state index < -0.39 is 11.5 Å². The van der Waals surface area contributed by atoms with Crippen molar-refractivity contribution in [3.8, 4) is 0 Å². The van der Waals surface area contributed by atoms with Gasteiger partial charge < -0.3 is 10.2 Å². The second kappa shape index (κ2) is 6.44. The fourth-order valence-corrected chi connectivity index (χ4v) is 3.60. The highest BCUT2D eigenvalue weighted by molar-refractivity contribution is 5.81. The van der Waals surface area contributed by atoms with Gasteiger partial charge in [0.05, 0.1) is 11.5 Å². The Morgan fingerprint density at radius 2 is 1.67 bits per heavy atom. The molecule has 1 aliphatic heterocycles. The zero-order valence-electron chi connectivity index (χ0n) is 15.5. The molecule has 6 heteroatoms. The maximum absolute atomic E-state index is 13.6. The predicted molar refractivity (Wildman–Crippen MR) is 100 cm³/mol. The summed E-state index contributed by atoms with van der Waals surface area (Å²) in [6, 6.07) is 12.2. The van der Waals surface area contributed by atoms with Gasteiger partial charge in [0.25, 0.3) is 5.92 Å². The van der Waals surface area contributed by atoms with E-state index >= 15 is 0 Å². The van der Waals surface area contributed by atoms with Crippen LogP contribution in [0.1, 0.15) is 36.5 Å². The van der Waals surface area contributed by atoms with Gasteiger partial charge in [-0.3, -0.25) is 5.41 Å².